The van der Waals surface area contributed by atoms with Gasteiger partial charge in [-0.3, -0.25) is 9.69 Å². The molecule has 1 heterocycles. The van der Waals surface area contributed by atoms with Crippen LogP contribution in [-0.4, -0.2) is 11.6 Å². The zero-order chi connectivity index (χ0) is 20.4. The summed E-state index contributed by atoms with van der Waals surface area (Å²) in [6.45, 7) is -0.186. The zero-order valence-corrected chi connectivity index (χ0v) is 15.1. The van der Waals surface area contributed by atoms with Gasteiger partial charge in [-0.2, -0.15) is 13.2 Å². The minimum atomic E-state index is -4.43. The van der Waals surface area contributed by atoms with Gasteiger partial charge in [0, 0.05) is 11.3 Å². The third-order valence-electron chi connectivity index (χ3n) is 4.46. The van der Waals surface area contributed by atoms with E-state index in [0.29, 0.717) is 22.5 Å². The molecule has 0 fully saturated rings. The number of fused-ring (bicyclic) bond motifs is 1. The van der Waals surface area contributed by atoms with Crippen LogP contribution in [0.5, 0.6) is 0 Å². The zero-order valence-electron chi connectivity index (χ0n) is 15.1. The van der Waals surface area contributed by atoms with Crippen LogP contribution in [0.2, 0.25) is 0 Å². The van der Waals surface area contributed by atoms with Crippen LogP contribution in [0.3, 0.4) is 0 Å². The van der Waals surface area contributed by atoms with Crippen molar-refractivity contribution >= 4 is 23.0 Å². The summed E-state index contributed by atoms with van der Waals surface area (Å²) in [5.41, 5.74) is 1.62. The number of hydrogen-bond acceptors (Lipinski definition) is 3. The summed E-state index contributed by atoms with van der Waals surface area (Å²) < 4.78 is 38.5. The fraction of sp³-hybridized carbons (Fsp3) is 0.0909. The minimum Gasteiger partial charge on any atom is -0.390 e. The largest absolute Gasteiger partial charge is 0.416 e. The molecule has 29 heavy (non-hydrogen) atoms. The van der Waals surface area contributed by atoms with Gasteiger partial charge in [0.1, 0.15) is 6.61 Å². The summed E-state index contributed by atoms with van der Waals surface area (Å²) >= 11 is 0. The van der Waals surface area contributed by atoms with Gasteiger partial charge in [-0.25, -0.2) is 0 Å². The summed E-state index contributed by atoms with van der Waals surface area (Å²) in [6.07, 6.45) is -4.43. The first-order valence-corrected chi connectivity index (χ1v) is 8.80. The molecular formula is C22H15F3N2O2. The molecule has 1 aliphatic heterocycles. The molecule has 0 saturated carbocycles. The van der Waals surface area contributed by atoms with Gasteiger partial charge in [0.25, 0.3) is 5.91 Å². The van der Waals surface area contributed by atoms with E-state index in [1.165, 1.54) is 17.0 Å². The Morgan fingerprint density at radius 1 is 0.897 bits per heavy atom. The second kappa shape index (κ2) is 7.43. The maximum Gasteiger partial charge on any atom is 0.416 e. The number of amides is 1. The molecule has 7 heteroatoms. The van der Waals surface area contributed by atoms with Gasteiger partial charge in [0.05, 0.1) is 11.3 Å². The number of benzene rings is 3. The molecular weight excluding hydrogens is 381 g/mol. The number of oxime groups is 1. The molecule has 0 atom stereocenters. The van der Waals surface area contributed by atoms with Crippen LogP contribution in [0.1, 0.15) is 16.7 Å². The normalized spacial score (nSPS) is 14.9. The molecule has 0 unspecified atom stereocenters. The van der Waals surface area contributed by atoms with E-state index >= 15 is 0 Å². The van der Waals surface area contributed by atoms with Crippen molar-refractivity contribution in [2.24, 2.45) is 5.16 Å². The van der Waals surface area contributed by atoms with E-state index in [0.717, 1.165) is 12.1 Å². The Labute approximate surface area is 164 Å². The molecule has 0 bridgehead atoms. The first kappa shape index (κ1) is 18.7. The van der Waals surface area contributed by atoms with E-state index in [-0.39, 0.29) is 18.2 Å². The summed E-state index contributed by atoms with van der Waals surface area (Å²) in [7, 11) is 0. The van der Waals surface area contributed by atoms with Crippen molar-refractivity contribution in [3.63, 3.8) is 0 Å². The average molecular weight is 396 g/mol. The Morgan fingerprint density at radius 2 is 1.62 bits per heavy atom. The lowest BCUT2D eigenvalue weighted by Gasteiger charge is -2.16. The fourth-order valence-corrected chi connectivity index (χ4v) is 3.13. The number of hydrogen-bond donors (Lipinski definition) is 0. The average Bonchev–Trinajstić information content (AvgIpc) is 3.00. The number of halogens is 3. The highest BCUT2D eigenvalue weighted by atomic mass is 19.4. The van der Waals surface area contributed by atoms with Crippen molar-refractivity contribution in [2.45, 2.75) is 12.8 Å². The maximum atomic E-state index is 13.0. The maximum absolute atomic E-state index is 13.0. The van der Waals surface area contributed by atoms with E-state index < -0.39 is 11.7 Å². The second-order valence-electron chi connectivity index (χ2n) is 6.40. The highest BCUT2D eigenvalue weighted by molar-refractivity contribution is 6.55. The summed E-state index contributed by atoms with van der Waals surface area (Å²) in [5, 5.41) is 3.95. The number of rotatable bonds is 4. The Balaban J connectivity index is 1.59. The first-order valence-electron chi connectivity index (χ1n) is 8.80. The molecule has 4 rings (SSSR count). The van der Waals surface area contributed by atoms with Gasteiger partial charge in [-0.1, -0.05) is 53.7 Å². The van der Waals surface area contributed by atoms with Crippen molar-refractivity contribution in [2.75, 3.05) is 4.90 Å². The van der Waals surface area contributed by atoms with Gasteiger partial charge < -0.3 is 4.84 Å². The van der Waals surface area contributed by atoms with Gasteiger partial charge in [0.2, 0.25) is 0 Å². The van der Waals surface area contributed by atoms with Crippen LogP contribution < -0.4 is 4.90 Å². The van der Waals surface area contributed by atoms with Crippen LogP contribution in [-0.2, 0) is 22.4 Å². The second-order valence-corrected chi connectivity index (χ2v) is 6.40. The Hall–Kier alpha value is -3.61. The number of para-hydroxylation sites is 2. The van der Waals surface area contributed by atoms with E-state index in [1.54, 1.807) is 30.3 Å². The molecule has 3 aromatic carbocycles. The van der Waals surface area contributed by atoms with Crippen LogP contribution >= 0.6 is 0 Å². The Morgan fingerprint density at radius 3 is 2.38 bits per heavy atom. The van der Waals surface area contributed by atoms with E-state index in [2.05, 4.69) is 5.16 Å². The minimum absolute atomic E-state index is 0.108. The van der Waals surface area contributed by atoms with E-state index in [4.69, 9.17) is 4.84 Å². The van der Waals surface area contributed by atoms with Gasteiger partial charge in [-0.05, 0) is 35.9 Å². The molecule has 3 aromatic rings. The SMILES string of the molecule is O=C1/C(=N/OCc2cccc(C(F)(F)F)c2)c2ccccc2N1c1ccccc1. The van der Waals surface area contributed by atoms with Crippen molar-refractivity contribution < 1.29 is 22.8 Å². The lowest BCUT2D eigenvalue weighted by atomic mass is 10.1. The topological polar surface area (TPSA) is 41.9 Å². The molecule has 0 N–H and O–H groups in total. The number of carbonyl (C=O) groups excluding carboxylic acids is 1. The fourth-order valence-electron chi connectivity index (χ4n) is 3.13. The van der Waals surface area contributed by atoms with Gasteiger partial charge in [-0.15, -0.1) is 0 Å². The highest BCUT2D eigenvalue weighted by Crippen LogP contribution is 2.35. The Kier molecular flexibility index (Phi) is 4.80. The number of carbonyl (C=O) groups is 1. The predicted octanol–water partition coefficient (Wildman–Crippen LogP) is 5.30. The van der Waals surface area contributed by atoms with Crippen molar-refractivity contribution in [1.82, 2.24) is 0 Å². The van der Waals surface area contributed by atoms with Crippen molar-refractivity contribution in [3.05, 3.63) is 95.6 Å². The molecule has 1 amide bonds. The summed E-state index contributed by atoms with van der Waals surface area (Å²) in [6, 6.07) is 21.1. The lowest BCUT2D eigenvalue weighted by molar-refractivity contribution is -0.137. The quantitative estimate of drug-likeness (QED) is 0.561. The molecule has 0 spiro atoms. The highest BCUT2D eigenvalue weighted by Gasteiger charge is 2.35. The summed E-state index contributed by atoms with van der Waals surface area (Å²) in [4.78, 5) is 19.7. The Bertz CT molecular complexity index is 1080. The molecule has 1 aliphatic rings. The van der Waals surface area contributed by atoms with Crippen molar-refractivity contribution in [1.29, 1.82) is 0 Å². The van der Waals surface area contributed by atoms with Crippen LogP contribution in [0.15, 0.2) is 84.0 Å². The van der Waals surface area contributed by atoms with Crippen molar-refractivity contribution in [3.8, 4) is 0 Å². The lowest BCUT2D eigenvalue weighted by Crippen LogP contribution is -2.25. The monoisotopic (exact) mass is 396 g/mol. The molecule has 0 aliphatic carbocycles. The summed E-state index contributed by atoms with van der Waals surface area (Å²) in [5.74, 6) is -0.360. The van der Waals surface area contributed by atoms with E-state index in [9.17, 15) is 18.0 Å². The number of anilines is 2. The standard InChI is InChI=1S/C22H15F3N2O2/c23-22(24,25)16-8-6-7-15(13-16)14-29-26-20-18-11-4-5-12-19(18)27(21(20)28)17-9-2-1-3-10-17/h1-13H,14H2/b26-20+. The first-order chi connectivity index (χ1) is 13.9. The molecule has 0 radical (unpaired) electrons. The molecule has 0 aromatic heterocycles. The van der Waals surface area contributed by atoms with E-state index in [1.807, 2.05) is 24.3 Å². The molecule has 146 valence electrons. The smallest absolute Gasteiger partial charge is 0.390 e. The van der Waals surface area contributed by atoms with Gasteiger partial charge in [0.15, 0.2) is 5.71 Å². The number of alkyl halides is 3. The van der Waals surface area contributed by atoms with Crippen LogP contribution in [0, 0.1) is 0 Å². The third-order valence-corrected chi connectivity index (χ3v) is 4.46. The third kappa shape index (κ3) is 3.71. The molecule has 4 nitrogen and oxygen atoms in total. The number of nitrogens with zero attached hydrogens (tertiary/aromatic N) is 2. The molecule has 0 saturated heterocycles. The van der Waals surface area contributed by atoms with Crippen LogP contribution in [0.25, 0.3) is 0 Å². The predicted molar refractivity (Wildman–Crippen MR) is 103 cm³/mol. The van der Waals surface area contributed by atoms with Gasteiger partial charge >= 0.3 is 6.18 Å². The van der Waals surface area contributed by atoms with Crippen LogP contribution in [0.4, 0.5) is 24.5 Å².